The van der Waals surface area contributed by atoms with E-state index in [1.807, 2.05) is 24.3 Å². The molecule has 0 aliphatic heterocycles. The summed E-state index contributed by atoms with van der Waals surface area (Å²) in [6, 6.07) is 12.0. The van der Waals surface area contributed by atoms with Crippen molar-refractivity contribution in [1.82, 2.24) is 0 Å². The molecule has 0 fully saturated rings. The van der Waals surface area contributed by atoms with Gasteiger partial charge in [-0.05, 0) is 40.2 Å². The second kappa shape index (κ2) is 6.08. The van der Waals surface area contributed by atoms with Crippen LogP contribution < -0.4 is 0 Å². The van der Waals surface area contributed by atoms with E-state index in [-0.39, 0.29) is 0 Å². The van der Waals surface area contributed by atoms with Crippen LogP contribution in [0.4, 0.5) is 13.2 Å². The SMILES string of the molecule is CC(Cc1ccc(C(C)C)c2ccccc12)CC(F)(F)F. The van der Waals surface area contributed by atoms with Crippen molar-refractivity contribution < 1.29 is 13.2 Å². The Morgan fingerprint density at radius 3 is 2.10 bits per heavy atom. The Morgan fingerprint density at radius 1 is 0.905 bits per heavy atom. The van der Waals surface area contributed by atoms with Gasteiger partial charge in [0.05, 0.1) is 0 Å². The van der Waals surface area contributed by atoms with E-state index in [0.29, 0.717) is 12.3 Å². The molecule has 114 valence electrons. The van der Waals surface area contributed by atoms with Crippen molar-refractivity contribution in [3.8, 4) is 0 Å². The van der Waals surface area contributed by atoms with Gasteiger partial charge < -0.3 is 0 Å². The summed E-state index contributed by atoms with van der Waals surface area (Å²) >= 11 is 0. The first kappa shape index (κ1) is 15.9. The highest BCUT2D eigenvalue weighted by molar-refractivity contribution is 5.89. The lowest BCUT2D eigenvalue weighted by Crippen LogP contribution is -2.14. The number of halogens is 3. The van der Waals surface area contributed by atoms with Crippen LogP contribution in [0.15, 0.2) is 36.4 Å². The van der Waals surface area contributed by atoms with E-state index < -0.39 is 18.5 Å². The minimum Gasteiger partial charge on any atom is -0.171 e. The molecule has 0 heterocycles. The summed E-state index contributed by atoms with van der Waals surface area (Å²) in [6.07, 6.45) is -4.36. The van der Waals surface area contributed by atoms with E-state index in [1.165, 1.54) is 5.56 Å². The van der Waals surface area contributed by atoms with Crippen LogP contribution >= 0.6 is 0 Å². The van der Waals surface area contributed by atoms with Crippen LogP contribution in [0.3, 0.4) is 0 Å². The molecule has 0 aromatic heterocycles. The molecule has 0 aliphatic rings. The number of hydrogen-bond donors (Lipinski definition) is 0. The molecule has 0 spiro atoms. The number of rotatable bonds is 4. The summed E-state index contributed by atoms with van der Waals surface area (Å²) in [5, 5.41) is 2.24. The van der Waals surface area contributed by atoms with Crippen molar-refractivity contribution >= 4 is 10.8 Å². The van der Waals surface area contributed by atoms with Crippen LogP contribution in [0.1, 0.15) is 44.2 Å². The quantitative estimate of drug-likeness (QED) is 0.639. The van der Waals surface area contributed by atoms with Crippen molar-refractivity contribution in [1.29, 1.82) is 0 Å². The van der Waals surface area contributed by atoms with Gasteiger partial charge in [-0.15, -0.1) is 0 Å². The Balaban J connectivity index is 2.35. The van der Waals surface area contributed by atoms with Gasteiger partial charge >= 0.3 is 6.18 Å². The minimum atomic E-state index is -4.09. The van der Waals surface area contributed by atoms with Gasteiger partial charge in [0.1, 0.15) is 0 Å². The predicted molar refractivity (Wildman–Crippen MR) is 81.6 cm³/mol. The van der Waals surface area contributed by atoms with E-state index in [4.69, 9.17) is 0 Å². The molecule has 0 N–H and O–H groups in total. The molecule has 21 heavy (non-hydrogen) atoms. The predicted octanol–water partition coefficient (Wildman–Crippen LogP) is 6.09. The van der Waals surface area contributed by atoms with E-state index in [9.17, 15) is 13.2 Å². The van der Waals surface area contributed by atoms with E-state index in [1.54, 1.807) is 6.92 Å². The van der Waals surface area contributed by atoms with Gasteiger partial charge in [-0.1, -0.05) is 57.2 Å². The second-order valence-corrected chi connectivity index (χ2v) is 6.14. The van der Waals surface area contributed by atoms with E-state index in [2.05, 4.69) is 26.0 Å². The minimum absolute atomic E-state index is 0.400. The van der Waals surface area contributed by atoms with Crippen molar-refractivity contribution in [2.45, 2.75) is 45.7 Å². The summed E-state index contributed by atoms with van der Waals surface area (Å²) in [5.74, 6) is -0.00476. The molecule has 2 aromatic carbocycles. The lowest BCUT2D eigenvalue weighted by atomic mass is 9.89. The third kappa shape index (κ3) is 3.99. The van der Waals surface area contributed by atoms with Crippen LogP contribution in [0.5, 0.6) is 0 Å². The second-order valence-electron chi connectivity index (χ2n) is 6.14. The fraction of sp³-hybridized carbons (Fsp3) is 0.444. The highest BCUT2D eigenvalue weighted by atomic mass is 19.4. The number of hydrogen-bond acceptors (Lipinski definition) is 0. The van der Waals surface area contributed by atoms with Gasteiger partial charge in [-0.2, -0.15) is 13.2 Å². The Hall–Kier alpha value is -1.51. The summed E-state index contributed by atoms with van der Waals surface area (Å²) in [4.78, 5) is 0. The standard InChI is InChI=1S/C18H21F3/c1-12(2)15-9-8-14(10-13(3)11-18(19,20)21)16-6-4-5-7-17(15)16/h4-9,12-13H,10-11H2,1-3H3. The van der Waals surface area contributed by atoms with Crippen LogP contribution in [0.2, 0.25) is 0 Å². The molecule has 2 aromatic rings. The summed E-state index contributed by atoms with van der Waals surface area (Å²) < 4.78 is 37.5. The molecule has 0 amide bonds. The van der Waals surface area contributed by atoms with E-state index in [0.717, 1.165) is 16.3 Å². The van der Waals surface area contributed by atoms with Crippen LogP contribution in [0, 0.1) is 5.92 Å². The molecule has 0 bridgehead atoms. The first-order valence-corrected chi connectivity index (χ1v) is 7.35. The first-order chi connectivity index (χ1) is 9.78. The van der Waals surface area contributed by atoms with Gasteiger partial charge in [0, 0.05) is 6.42 Å². The monoisotopic (exact) mass is 294 g/mol. The van der Waals surface area contributed by atoms with Gasteiger partial charge in [-0.25, -0.2) is 0 Å². The number of benzene rings is 2. The van der Waals surface area contributed by atoms with Crippen LogP contribution in [-0.2, 0) is 6.42 Å². The fourth-order valence-corrected chi connectivity index (χ4v) is 2.91. The number of alkyl halides is 3. The van der Waals surface area contributed by atoms with E-state index >= 15 is 0 Å². The maximum absolute atomic E-state index is 12.5. The molecule has 2 rings (SSSR count). The maximum atomic E-state index is 12.5. The summed E-state index contributed by atoms with van der Waals surface area (Å²) in [5.41, 5.74) is 2.25. The summed E-state index contributed by atoms with van der Waals surface area (Å²) in [7, 11) is 0. The molecule has 0 nitrogen and oxygen atoms in total. The molecular formula is C18H21F3. The molecule has 3 heteroatoms. The summed E-state index contributed by atoms with van der Waals surface area (Å²) in [6.45, 7) is 5.93. The molecule has 0 radical (unpaired) electrons. The molecule has 1 unspecified atom stereocenters. The molecule has 0 saturated heterocycles. The Kier molecular flexibility index (Phi) is 4.60. The van der Waals surface area contributed by atoms with Crippen LogP contribution in [0.25, 0.3) is 10.8 Å². The lowest BCUT2D eigenvalue weighted by molar-refractivity contribution is -0.143. The fourth-order valence-electron chi connectivity index (χ4n) is 2.91. The Morgan fingerprint density at radius 2 is 1.52 bits per heavy atom. The van der Waals surface area contributed by atoms with Crippen molar-refractivity contribution in [2.24, 2.45) is 5.92 Å². The van der Waals surface area contributed by atoms with Gasteiger partial charge in [-0.3, -0.25) is 0 Å². The van der Waals surface area contributed by atoms with Crippen molar-refractivity contribution in [3.63, 3.8) is 0 Å². The first-order valence-electron chi connectivity index (χ1n) is 7.35. The van der Waals surface area contributed by atoms with Gasteiger partial charge in [0.25, 0.3) is 0 Å². The largest absolute Gasteiger partial charge is 0.389 e. The molecular weight excluding hydrogens is 273 g/mol. The smallest absolute Gasteiger partial charge is 0.171 e. The zero-order valence-corrected chi connectivity index (χ0v) is 12.7. The third-order valence-electron chi connectivity index (χ3n) is 3.82. The highest BCUT2D eigenvalue weighted by Crippen LogP contribution is 2.31. The number of fused-ring (bicyclic) bond motifs is 1. The van der Waals surface area contributed by atoms with Crippen LogP contribution in [-0.4, -0.2) is 6.18 Å². The maximum Gasteiger partial charge on any atom is 0.389 e. The molecule has 0 saturated carbocycles. The topological polar surface area (TPSA) is 0 Å². The van der Waals surface area contributed by atoms with Gasteiger partial charge in [0.2, 0.25) is 0 Å². The normalized spacial score (nSPS) is 13.9. The van der Waals surface area contributed by atoms with Crippen molar-refractivity contribution in [2.75, 3.05) is 0 Å². The third-order valence-corrected chi connectivity index (χ3v) is 3.82. The zero-order valence-electron chi connectivity index (χ0n) is 12.7. The highest BCUT2D eigenvalue weighted by Gasteiger charge is 2.30. The average Bonchev–Trinajstić information content (AvgIpc) is 2.36. The zero-order chi connectivity index (χ0) is 15.6. The molecule has 0 aliphatic carbocycles. The average molecular weight is 294 g/mol. The lowest BCUT2D eigenvalue weighted by Gasteiger charge is -2.17. The van der Waals surface area contributed by atoms with Crippen molar-refractivity contribution in [3.05, 3.63) is 47.5 Å². The molecule has 1 atom stereocenters. The Bertz CT molecular complexity index is 611. The Labute approximate surface area is 124 Å². The van der Waals surface area contributed by atoms with Gasteiger partial charge in [0.15, 0.2) is 0 Å².